The molecule has 0 spiro atoms. The lowest BCUT2D eigenvalue weighted by molar-refractivity contribution is -0.137. The van der Waals surface area contributed by atoms with Crippen molar-refractivity contribution in [1.82, 2.24) is 5.32 Å². The van der Waals surface area contributed by atoms with E-state index in [4.69, 9.17) is 4.74 Å². The molecular weight excluding hydrogens is 243 g/mol. The lowest BCUT2D eigenvalue weighted by atomic mass is 10.1. The zero-order chi connectivity index (χ0) is 13.0. The molecule has 1 heterocycles. The van der Waals surface area contributed by atoms with E-state index in [-0.39, 0.29) is 6.10 Å². The molecular formula is C13H16F3NO. The second kappa shape index (κ2) is 5.71. The van der Waals surface area contributed by atoms with Crippen molar-refractivity contribution in [1.29, 1.82) is 0 Å². The molecule has 1 aromatic carbocycles. The molecule has 1 aliphatic heterocycles. The maximum Gasteiger partial charge on any atom is 0.416 e. The Bertz CT molecular complexity index is 369. The summed E-state index contributed by atoms with van der Waals surface area (Å²) in [5, 5.41) is 3.20. The number of alkyl halides is 3. The van der Waals surface area contributed by atoms with Gasteiger partial charge in [0.1, 0.15) is 0 Å². The van der Waals surface area contributed by atoms with Gasteiger partial charge in [0.05, 0.1) is 18.3 Å². The number of hydrogen-bond acceptors (Lipinski definition) is 2. The first-order valence-corrected chi connectivity index (χ1v) is 6.04. The van der Waals surface area contributed by atoms with E-state index in [9.17, 15) is 13.2 Å². The minimum atomic E-state index is -4.26. The van der Waals surface area contributed by atoms with Crippen LogP contribution in [0.2, 0.25) is 0 Å². The maximum atomic E-state index is 12.3. The molecule has 0 unspecified atom stereocenters. The van der Waals surface area contributed by atoms with Crippen LogP contribution in [0, 0.1) is 0 Å². The van der Waals surface area contributed by atoms with E-state index in [0.717, 1.165) is 37.2 Å². The Kier molecular flexibility index (Phi) is 4.24. The molecule has 2 nitrogen and oxygen atoms in total. The molecule has 1 saturated heterocycles. The van der Waals surface area contributed by atoms with E-state index in [1.165, 1.54) is 12.1 Å². The van der Waals surface area contributed by atoms with Gasteiger partial charge in [0.15, 0.2) is 0 Å². The minimum Gasteiger partial charge on any atom is -0.377 e. The third-order valence-electron chi connectivity index (χ3n) is 3.04. The summed E-state index contributed by atoms with van der Waals surface area (Å²) >= 11 is 0. The van der Waals surface area contributed by atoms with E-state index >= 15 is 0 Å². The van der Waals surface area contributed by atoms with Crippen molar-refractivity contribution in [2.75, 3.05) is 19.7 Å². The molecule has 0 aliphatic carbocycles. The smallest absolute Gasteiger partial charge is 0.377 e. The van der Waals surface area contributed by atoms with Crippen LogP contribution in [0.25, 0.3) is 0 Å². The first-order chi connectivity index (χ1) is 8.55. The molecule has 1 aliphatic rings. The highest BCUT2D eigenvalue weighted by molar-refractivity contribution is 5.24. The average Bonchev–Trinajstić information content (AvgIpc) is 2.82. The van der Waals surface area contributed by atoms with Crippen LogP contribution in [0.3, 0.4) is 0 Å². The fourth-order valence-electron chi connectivity index (χ4n) is 1.97. The topological polar surface area (TPSA) is 21.3 Å². The second-order valence-electron chi connectivity index (χ2n) is 4.43. The Balaban J connectivity index is 1.79. The third-order valence-corrected chi connectivity index (χ3v) is 3.04. The van der Waals surface area contributed by atoms with E-state index in [0.29, 0.717) is 13.0 Å². The van der Waals surface area contributed by atoms with E-state index in [1.54, 1.807) is 0 Å². The number of benzene rings is 1. The highest BCUT2D eigenvalue weighted by Crippen LogP contribution is 2.29. The zero-order valence-electron chi connectivity index (χ0n) is 9.96. The van der Waals surface area contributed by atoms with Crippen molar-refractivity contribution in [2.24, 2.45) is 0 Å². The Hall–Kier alpha value is -1.07. The fourth-order valence-corrected chi connectivity index (χ4v) is 1.97. The molecule has 100 valence electrons. The Morgan fingerprint density at radius 3 is 2.50 bits per heavy atom. The third kappa shape index (κ3) is 3.71. The van der Waals surface area contributed by atoms with Crippen LogP contribution in [0.1, 0.15) is 17.5 Å². The van der Waals surface area contributed by atoms with Crippen LogP contribution in [0.5, 0.6) is 0 Å². The van der Waals surface area contributed by atoms with Crippen molar-refractivity contribution in [2.45, 2.75) is 25.1 Å². The summed E-state index contributed by atoms with van der Waals surface area (Å²) in [6, 6.07) is 5.26. The summed E-state index contributed by atoms with van der Waals surface area (Å²) in [6.45, 7) is 2.40. The predicted octanol–water partition coefficient (Wildman–Crippen LogP) is 2.63. The molecule has 0 amide bonds. The summed E-state index contributed by atoms with van der Waals surface area (Å²) in [6.07, 6.45) is -2.36. The second-order valence-corrected chi connectivity index (χ2v) is 4.43. The average molecular weight is 259 g/mol. The molecule has 18 heavy (non-hydrogen) atoms. The maximum absolute atomic E-state index is 12.3. The molecule has 1 N–H and O–H groups in total. The first-order valence-electron chi connectivity index (χ1n) is 6.04. The number of ether oxygens (including phenoxy) is 1. The number of halogens is 3. The van der Waals surface area contributed by atoms with Crippen molar-refractivity contribution < 1.29 is 17.9 Å². The quantitative estimate of drug-likeness (QED) is 0.897. The molecule has 1 fully saturated rings. The first kappa shape index (κ1) is 13.4. The number of hydrogen-bond donors (Lipinski definition) is 1. The van der Waals surface area contributed by atoms with Crippen LogP contribution in [0.4, 0.5) is 13.2 Å². The van der Waals surface area contributed by atoms with Crippen LogP contribution >= 0.6 is 0 Å². The summed E-state index contributed by atoms with van der Waals surface area (Å²) < 4.78 is 42.7. The number of rotatable bonds is 4. The van der Waals surface area contributed by atoms with Crippen LogP contribution in [0.15, 0.2) is 24.3 Å². The summed E-state index contributed by atoms with van der Waals surface area (Å²) in [7, 11) is 0. The van der Waals surface area contributed by atoms with Crippen molar-refractivity contribution in [3.8, 4) is 0 Å². The summed E-state index contributed by atoms with van der Waals surface area (Å²) in [5.74, 6) is 0. The molecule has 2 rings (SSSR count). The van der Waals surface area contributed by atoms with Gasteiger partial charge in [-0.25, -0.2) is 0 Å². The van der Waals surface area contributed by atoms with Gasteiger partial charge >= 0.3 is 6.18 Å². The summed E-state index contributed by atoms with van der Waals surface area (Å²) in [4.78, 5) is 0. The van der Waals surface area contributed by atoms with Gasteiger partial charge in [-0.2, -0.15) is 13.2 Å². The largest absolute Gasteiger partial charge is 0.416 e. The summed E-state index contributed by atoms with van der Waals surface area (Å²) in [5.41, 5.74) is 0.265. The van der Waals surface area contributed by atoms with Gasteiger partial charge in [0.25, 0.3) is 0 Å². The minimum absolute atomic E-state index is 0.249. The van der Waals surface area contributed by atoms with Gasteiger partial charge in [-0.15, -0.1) is 0 Å². The Morgan fingerprint density at radius 1 is 1.22 bits per heavy atom. The van der Waals surface area contributed by atoms with Crippen molar-refractivity contribution >= 4 is 0 Å². The van der Waals surface area contributed by atoms with Gasteiger partial charge in [0, 0.05) is 6.54 Å². The van der Waals surface area contributed by atoms with E-state index in [2.05, 4.69) is 5.32 Å². The zero-order valence-corrected chi connectivity index (χ0v) is 9.96. The van der Waals surface area contributed by atoms with Crippen molar-refractivity contribution in [3.05, 3.63) is 35.4 Å². The highest BCUT2D eigenvalue weighted by atomic mass is 19.4. The van der Waals surface area contributed by atoms with Gasteiger partial charge in [-0.3, -0.25) is 0 Å². The lowest BCUT2D eigenvalue weighted by Crippen LogP contribution is -2.18. The molecule has 1 aromatic rings. The van der Waals surface area contributed by atoms with Gasteiger partial charge in [0.2, 0.25) is 0 Å². The van der Waals surface area contributed by atoms with E-state index < -0.39 is 11.7 Å². The van der Waals surface area contributed by atoms with Gasteiger partial charge in [-0.05, 0) is 37.1 Å². The lowest BCUT2D eigenvalue weighted by Gasteiger charge is -2.11. The molecule has 0 aromatic heterocycles. The normalized spacial score (nSPS) is 20.3. The Labute approximate surface area is 104 Å². The predicted molar refractivity (Wildman–Crippen MR) is 62.4 cm³/mol. The SMILES string of the molecule is FC(F)(F)c1ccc(CCO[C@H]2CCNC2)cc1. The standard InChI is InChI=1S/C13H16F3NO/c14-13(15,16)11-3-1-10(2-4-11)6-8-18-12-5-7-17-9-12/h1-4,12,17H,5-9H2/t12-/m0/s1. The van der Waals surface area contributed by atoms with Crippen LogP contribution in [-0.2, 0) is 17.3 Å². The molecule has 1 atom stereocenters. The van der Waals surface area contributed by atoms with Crippen molar-refractivity contribution in [3.63, 3.8) is 0 Å². The molecule has 5 heteroatoms. The van der Waals surface area contributed by atoms with Gasteiger partial charge < -0.3 is 10.1 Å². The highest BCUT2D eigenvalue weighted by Gasteiger charge is 2.29. The molecule has 0 saturated carbocycles. The Morgan fingerprint density at radius 2 is 1.94 bits per heavy atom. The number of nitrogens with one attached hydrogen (secondary N) is 1. The van der Waals surface area contributed by atoms with E-state index in [1.807, 2.05) is 0 Å². The monoisotopic (exact) mass is 259 g/mol. The molecule has 0 radical (unpaired) electrons. The van der Waals surface area contributed by atoms with Crippen LogP contribution in [-0.4, -0.2) is 25.8 Å². The fraction of sp³-hybridized carbons (Fsp3) is 0.538. The van der Waals surface area contributed by atoms with Gasteiger partial charge in [-0.1, -0.05) is 12.1 Å². The van der Waals surface area contributed by atoms with Crippen LogP contribution < -0.4 is 5.32 Å². The molecule has 0 bridgehead atoms.